The van der Waals surface area contributed by atoms with Gasteiger partial charge in [0, 0.05) is 12.0 Å². The first-order valence-electron chi connectivity index (χ1n) is 8.26. The molecule has 2 aromatic rings. The third-order valence-corrected chi connectivity index (χ3v) is 5.67. The standard InChI is InChI=1S/C19H23NO3S/c1-23-17-5-3-2-4-16(17)18(22)20-13-19(14-8-11-24-12-14)9-6-15(21)7-10-19/h2-5,8,11-12,15,21H,6-7,9-10,13H2,1H3,(H,20,22)/t15-,19+. The van der Waals surface area contributed by atoms with Crippen LogP contribution in [-0.2, 0) is 5.41 Å². The molecule has 0 saturated heterocycles. The van der Waals surface area contributed by atoms with E-state index in [-0.39, 0.29) is 17.4 Å². The van der Waals surface area contributed by atoms with E-state index in [0.717, 1.165) is 25.7 Å². The predicted molar refractivity (Wildman–Crippen MR) is 95.8 cm³/mol. The molecular weight excluding hydrogens is 322 g/mol. The Hall–Kier alpha value is -1.85. The van der Waals surface area contributed by atoms with Crippen LogP contribution in [0.15, 0.2) is 41.1 Å². The minimum atomic E-state index is -0.221. The zero-order chi connectivity index (χ0) is 17.0. The van der Waals surface area contributed by atoms with Crippen LogP contribution >= 0.6 is 11.3 Å². The molecule has 2 N–H and O–H groups in total. The van der Waals surface area contributed by atoms with Gasteiger partial charge in [-0.3, -0.25) is 4.79 Å². The van der Waals surface area contributed by atoms with E-state index in [4.69, 9.17) is 4.74 Å². The van der Waals surface area contributed by atoms with Crippen molar-refractivity contribution in [1.82, 2.24) is 5.32 Å². The number of hydrogen-bond donors (Lipinski definition) is 2. The highest BCUT2D eigenvalue weighted by Gasteiger charge is 2.37. The van der Waals surface area contributed by atoms with Crippen LogP contribution in [0.1, 0.15) is 41.6 Å². The summed E-state index contributed by atoms with van der Waals surface area (Å²) in [6.45, 7) is 0.577. The number of hydrogen-bond acceptors (Lipinski definition) is 4. The molecule has 1 amide bonds. The topological polar surface area (TPSA) is 58.6 Å². The van der Waals surface area contributed by atoms with Gasteiger partial charge in [-0.15, -0.1) is 0 Å². The molecule has 1 saturated carbocycles. The summed E-state index contributed by atoms with van der Waals surface area (Å²) in [4.78, 5) is 12.6. The van der Waals surface area contributed by atoms with Gasteiger partial charge in [0.2, 0.25) is 0 Å². The summed E-state index contributed by atoms with van der Waals surface area (Å²) in [5.41, 5.74) is 1.73. The maximum Gasteiger partial charge on any atom is 0.255 e. The second-order valence-corrected chi connectivity index (χ2v) is 7.19. The van der Waals surface area contributed by atoms with Gasteiger partial charge in [-0.2, -0.15) is 11.3 Å². The molecule has 1 aromatic carbocycles. The zero-order valence-corrected chi connectivity index (χ0v) is 14.6. The number of methoxy groups -OCH3 is 1. The molecule has 0 aliphatic heterocycles. The number of carbonyl (C=O) groups is 1. The van der Waals surface area contributed by atoms with E-state index in [9.17, 15) is 9.90 Å². The number of para-hydroxylation sites is 1. The predicted octanol–water partition coefficient (Wildman–Crippen LogP) is 3.36. The lowest BCUT2D eigenvalue weighted by Gasteiger charge is -2.39. The number of amides is 1. The lowest BCUT2D eigenvalue weighted by atomic mass is 9.69. The van der Waals surface area contributed by atoms with Gasteiger partial charge in [0.15, 0.2) is 0 Å². The number of rotatable bonds is 5. The summed E-state index contributed by atoms with van der Waals surface area (Å²) in [6.07, 6.45) is 3.11. The van der Waals surface area contributed by atoms with Crippen molar-refractivity contribution in [2.24, 2.45) is 0 Å². The molecule has 0 radical (unpaired) electrons. The molecule has 1 aliphatic rings. The van der Waals surface area contributed by atoms with Crippen molar-refractivity contribution < 1.29 is 14.6 Å². The summed E-state index contributed by atoms with van der Waals surface area (Å²) in [7, 11) is 1.57. The minimum Gasteiger partial charge on any atom is -0.496 e. The Morgan fingerprint density at radius 2 is 2.08 bits per heavy atom. The summed E-state index contributed by atoms with van der Waals surface area (Å²) < 4.78 is 5.28. The largest absolute Gasteiger partial charge is 0.496 e. The highest BCUT2D eigenvalue weighted by atomic mass is 32.1. The molecule has 0 bridgehead atoms. The average Bonchev–Trinajstić information content (AvgIpc) is 3.16. The lowest BCUT2D eigenvalue weighted by molar-refractivity contribution is 0.0851. The van der Waals surface area contributed by atoms with E-state index < -0.39 is 0 Å². The van der Waals surface area contributed by atoms with Gasteiger partial charge in [-0.05, 0) is 60.2 Å². The molecule has 0 unspecified atom stereocenters. The quantitative estimate of drug-likeness (QED) is 0.874. The second-order valence-electron chi connectivity index (χ2n) is 6.41. The molecule has 3 rings (SSSR count). The van der Waals surface area contributed by atoms with Gasteiger partial charge in [-0.1, -0.05) is 12.1 Å². The number of nitrogens with one attached hydrogen (secondary N) is 1. The first kappa shape index (κ1) is 17.0. The first-order valence-corrected chi connectivity index (χ1v) is 9.21. The fraction of sp³-hybridized carbons (Fsp3) is 0.421. The van der Waals surface area contributed by atoms with Gasteiger partial charge < -0.3 is 15.2 Å². The van der Waals surface area contributed by atoms with Crippen molar-refractivity contribution in [2.75, 3.05) is 13.7 Å². The molecule has 1 aliphatic carbocycles. The van der Waals surface area contributed by atoms with Crippen LogP contribution in [0.2, 0.25) is 0 Å². The van der Waals surface area contributed by atoms with Crippen LogP contribution in [0, 0.1) is 0 Å². The van der Waals surface area contributed by atoms with E-state index in [2.05, 4.69) is 22.1 Å². The molecule has 4 nitrogen and oxygen atoms in total. The van der Waals surface area contributed by atoms with E-state index in [1.807, 2.05) is 12.1 Å². The zero-order valence-electron chi connectivity index (χ0n) is 13.8. The highest BCUT2D eigenvalue weighted by Crippen LogP contribution is 2.40. The fourth-order valence-corrected chi connectivity index (χ4v) is 4.24. The Balaban J connectivity index is 1.76. The maximum absolute atomic E-state index is 12.6. The van der Waals surface area contributed by atoms with Crippen LogP contribution in [0.5, 0.6) is 5.75 Å². The van der Waals surface area contributed by atoms with Crippen molar-refractivity contribution in [3.05, 3.63) is 52.2 Å². The van der Waals surface area contributed by atoms with Gasteiger partial charge in [-0.25, -0.2) is 0 Å². The number of ether oxygens (including phenoxy) is 1. The SMILES string of the molecule is COc1ccccc1C(=O)NC[C@]1(c2ccsc2)CC[C@@H](O)CC1. The van der Waals surface area contributed by atoms with Gasteiger partial charge in [0.05, 0.1) is 18.8 Å². The molecule has 128 valence electrons. The Bertz CT molecular complexity index is 676. The van der Waals surface area contributed by atoms with E-state index >= 15 is 0 Å². The fourth-order valence-electron chi connectivity index (χ4n) is 3.47. The average molecular weight is 345 g/mol. The van der Waals surface area contributed by atoms with Crippen molar-refractivity contribution in [3.63, 3.8) is 0 Å². The summed E-state index contributed by atoms with van der Waals surface area (Å²) >= 11 is 1.67. The van der Waals surface area contributed by atoms with Gasteiger partial charge in [0.25, 0.3) is 5.91 Å². The normalized spacial score (nSPS) is 23.7. The van der Waals surface area contributed by atoms with Crippen molar-refractivity contribution in [3.8, 4) is 5.75 Å². The number of benzene rings is 1. The van der Waals surface area contributed by atoms with E-state index in [1.165, 1.54) is 5.56 Å². The second kappa shape index (κ2) is 7.36. The van der Waals surface area contributed by atoms with Gasteiger partial charge in [0.1, 0.15) is 5.75 Å². The Labute approximate surface area is 146 Å². The third kappa shape index (κ3) is 3.47. The van der Waals surface area contributed by atoms with Crippen LogP contribution in [0.25, 0.3) is 0 Å². The number of aliphatic hydroxyl groups excluding tert-OH is 1. The molecule has 5 heteroatoms. The van der Waals surface area contributed by atoms with Crippen LogP contribution in [-0.4, -0.2) is 30.8 Å². The Morgan fingerprint density at radius 3 is 2.75 bits per heavy atom. The summed E-state index contributed by atoms with van der Waals surface area (Å²) in [6, 6.07) is 9.39. The Morgan fingerprint density at radius 1 is 1.33 bits per heavy atom. The van der Waals surface area contributed by atoms with Crippen molar-refractivity contribution in [1.29, 1.82) is 0 Å². The summed E-state index contributed by atoms with van der Waals surface area (Å²) in [5, 5.41) is 17.2. The van der Waals surface area contributed by atoms with E-state index in [1.54, 1.807) is 30.6 Å². The summed E-state index contributed by atoms with van der Waals surface area (Å²) in [5.74, 6) is 0.465. The molecule has 1 fully saturated rings. The lowest BCUT2D eigenvalue weighted by Crippen LogP contribution is -2.44. The van der Waals surface area contributed by atoms with Crippen LogP contribution in [0.4, 0.5) is 0 Å². The van der Waals surface area contributed by atoms with E-state index in [0.29, 0.717) is 17.9 Å². The monoisotopic (exact) mass is 345 g/mol. The van der Waals surface area contributed by atoms with Crippen LogP contribution in [0.3, 0.4) is 0 Å². The van der Waals surface area contributed by atoms with Crippen LogP contribution < -0.4 is 10.1 Å². The van der Waals surface area contributed by atoms with Gasteiger partial charge >= 0.3 is 0 Å². The molecule has 0 spiro atoms. The number of aliphatic hydroxyl groups is 1. The minimum absolute atomic E-state index is 0.0864. The smallest absolute Gasteiger partial charge is 0.255 e. The first-order chi connectivity index (χ1) is 11.6. The van der Waals surface area contributed by atoms with Crippen molar-refractivity contribution >= 4 is 17.2 Å². The Kier molecular flexibility index (Phi) is 5.21. The molecule has 1 aromatic heterocycles. The maximum atomic E-state index is 12.6. The molecular formula is C19H23NO3S. The van der Waals surface area contributed by atoms with Crippen molar-refractivity contribution in [2.45, 2.75) is 37.2 Å². The molecule has 0 atom stereocenters. The molecule has 24 heavy (non-hydrogen) atoms. The third-order valence-electron chi connectivity index (χ3n) is 4.98. The number of thiophene rings is 1. The number of carbonyl (C=O) groups excluding carboxylic acids is 1. The molecule has 1 heterocycles. The highest BCUT2D eigenvalue weighted by molar-refractivity contribution is 7.08.